The quantitative estimate of drug-likeness (QED) is 0.435. The number of hydrogen-bond donors (Lipinski definition) is 2. The lowest BCUT2D eigenvalue weighted by molar-refractivity contribution is 0.669. The molecule has 2 N–H and O–H groups in total. The molecule has 0 amide bonds. The predicted molar refractivity (Wildman–Crippen MR) is 104 cm³/mol. The van der Waals surface area contributed by atoms with Crippen LogP contribution in [0.25, 0.3) is 0 Å². The molecule has 1 atom stereocenters. The minimum atomic E-state index is 0. The number of likely N-dealkylation sites (N-methyl/N-ethyl adjacent to an activating group) is 1. The fraction of sp³-hybridized carbons (Fsp3) is 0.562. The minimum absolute atomic E-state index is 0. The first-order valence-electron chi connectivity index (χ1n) is 7.37. The van der Waals surface area contributed by atoms with Gasteiger partial charge in [0, 0.05) is 31.4 Å². The first kappa shape index (κ1) is 20.0. The van der Waals surface area contributed by atoms with E-state index in [-0.39, 0.29) is 24.0 Å². The van der Waals surface area contributed by atoms with E-state index in [0.29, 0.717) is 12.1 Å². The number of hydrogen-bond acceptors (Lipinski definition) is 2. The van der Waals surface area contributed by atoms with Gasteiger partial charge in [0.1, 0.15) is 0 Å². The molecule has 21 heavy (non-hydrogen) atoms. The third-order valence-corrected chi connectivity index (χ3v) is 3.11. The molecular formula is C16H29IN4. The third-order valence-electron chi connectivity index (χ3n) is 3.11. The maximum atomic E-state index is 4.65. The van der Waals surface area contributed by atoms with Gasteiger partial charge < -0.3 is 15.5 Å². The molecule has 4 nitrogen and oxygen atoms in total. The molecule has 1 rings (SSSR count). The van der Waals surface area contributed by atoms with Gasteiger partial charge in [-0.2, -0.15) is 0 Å². The Labute approximate surface area is 146 Å². The van der Waals surface area contributed by atoms with Gasteiger partial charge in [-0.25, -0.2) is 0 Å². The number of nitrogens with one attached hydrogen (secondary N) is 2. The number of benzene rings is 1. The van der Waals surface area contributed by atoms with Crippen LogP contribution in [-0.2, 0) is 0 Å². The summed E-state index contributed by atoms with van der Waals surface area (Å²) < 4.78 is 0. The van der Waals surface area contributed by atoms with Crippen LogP contribution in [0.4, 0.5) is 5.69 Å². The maximum absolute atomic E-state index is 4.65. The Hall–Kier alpha value is -0.980. The first-order valence-corrected chi connectivity index (χ1v) is 7.37. The standard InChI is InChI=1S/C16H28N4.HI/c1-6-17-16(19-13(2)3)18-12-14(4)20(5)15-10-8-7-9-11-15;/h7-11,13-14H,6,12H2,1-5H3,(H2,17,18,19);1H. The van der Waals surface area contributed by atoms with Crippen molar-refractivity contribution in [1.29, 1.82) is 0 Å². The normalized spacial score (nSPS) is 12.6. The molecule has 120 valence electrons. The van der Waals surface area contributed by atoms with Crippen molar-refractivity contribution < 1.29 is 0 Å². The van der Waals surface area contributed by atoms with E-state index < -0.39 is 0 Å². The zero-order valence-corrected chi connectivity index (χ0v) is 16.1. The van der Waals surface area contributed by atoms with E-state index in [2.05, 4.69) is 79.5 Å². The molecular weight excluding hydrogens is 375 g/mol. The number of guanidine groups is 1. The summed E-state index contributed by atoms with van der Waals surface area (Å²) in [7, 11) is 2.11. The second kappa shape index (κ2) is 10.7. The van der Waals surface area contributed by atoms with Crippen molar-refractivity contribution in [3.8, 4) is 0 Å². The maximum Gasteiger partial charge on any atom is 0.191 e. The average Bonchev–Trinajstić information content (AvgIpc) is 2.44. The van der Waals surface area contributed by atoms with Gasteiger partial charge >= 0.3 is 0 Å². The van der Waals surface area contributed by atoms with E-state index >= 15 is 0 Å². The first-order chi connectivity index (χ1) is 9.54. The van der Waals surface area contributed by atoms with Gasteiger partial charge in [-0.1, -0.05) is 18.2 Å². The van der Waals surface area contributed by atoms with Crippen molar-refractivity contribution in [3.63, 3.8) is 0 Å². The Morgan fingerprint density at radius 1 is 1.19 bits per heavy atom. The summed E-state index contributed by atoms with van der Waals surface area (Å²) in [6.45, 7) is 10.1. The molecule has 0 bridgehead atoms. The SMILES string of the molecule is CCNC(=NCC(C)N(C)c1ccccc1)NC(C)C.I. The van der Waals surface area contributed by atoms with E-state index in [1.54, 1.807) is 0 Å². The Balaban J connectivity index is 0.00000400. The monoisotopic (exact) mass is 404 g/mol. The summed E-state index contributed by atoms with van der Waals surface area (Å²) in [5.41, 5.74) is 1.22. The fourth-order valence-electron chi connectivity index (χ4n) is 1.86. The van der Waals surface area contributed by atoms with Gasteiger partial charge in [-0.15, -0.1) is 24.0 Å². The van der Waals surface area contributed by atoms with Crippen molar-refractivity contribution in [3.05, 3.63) is 30.3 Å². The van der Waals surface area contributed by atoms with Crippen LogP contribution < -0.4 is 15.5 Å². The molecule has 1 aromatic rings. The van der Waals surface area contributed by atoms with Crippen LogP contribution in [0.15, 0.2) is 35.3 Å². The van der Waals surface area contributed by atoms with Crippen molar-refractivity contribution >= 4 is 35.6 Å². The molecule has 1 aromatic carbocycles. The number of halogens is 1. The summed E-state index contributed by atoms with van der Waals surface area (Å²) in [5.74, 6) is 0.885. The Bertz CT molecular complexity index is 406. The number of aliphatic imine (C=N–C) groups is 1. The summed E-state index contributed by atoms with van der Waals surface area (Å²) in [6, 6.07) is 11.1. The van der Waals surface area contributed by atoms with Gasteiger partial charge in [0.25, 0.3) is 0 Å². The molecule has 0 radical (unpaired) electrons. The second-order valence-electron chi connectivity index (χ2n) is 5.31. The van der Waals surface area contributed by atoms with E-state index in [9.17, 15) is 0 Å². The highest BCUT2D eigenvalue weighted by atomic mass is 127. The molecule has 1 unspecified atom stereocenters. The summed E-state index contributed by atoms with van der Waals surface area (Å²) in [4.78, 5) is 6.91. The Morgan fingerprint density at radius 3 is 2.33 bits per heavy atom. The highest BCUT2D eigenvalue weighted by molar-refractivity contribution is 14.0. The highest BCUT2D eigenvalue weighted by Gasteiger charge is 2.09. The molecule has 0 aliphatic rings. The van der Waals surface area contributed by atoms with Crippen molar-refractivity contribution in [2.45, 2.75) is 39.8 Å². The number of anilines is 1. The number of rotatable bonds is 6. The van der Waals surface area contributed by atoms with E-state index in [0.717, 1.165) is 19.0 Å². The molecule has 0 aliphatic heterocycles. The van der Waals surface area contributed by atoms with Gasteiger partial charge in [-0.3, -0.25) is 4.99 Å². The smallest absolute Gasteiger partial charge is 0.191 e. The third kappa shape index (κ3) is 7.55. The topological polar surface area (TPSA) is 39.7 Å². The lowest BCUT2D eigenvalue weighted by atomic mass is 10.2. The van der Waals surface area contributed by atoms with Gasteiger partial charge in [0.05, 0.1) is 6.54 Å². The summed E-state index contributed by atoms with van der Waals surface area (Å²) in [5, 5.41) is 6.60. The molecule has 0 saturated carbocycles. The lowest BCUT2D eigenvalue weighted by Gasteiger charge is -2.26. The summed E-state index contributed by atoms with van der Waals surface area (Å²) in [6.07, 6.45) is 0. The summed E-state index contributed by atoms with van der Waals surface area (Å²) >= 11 is 0. The molecule has 0 heterocycles. The molecule has 0 fully saturated rings. The van der Waals surface area contributed by atoms with E-state index in [1.165, 1.54) is 5.69 Å². The zero-order valence-electron chi connectivity index (χ0n) is 13.8. The van der Waals surface area contributed by atoms with Gasteiger partial charge in [0.15, 0.2) is 5.96 Å². The molecule has 5 heteroatoms. The van der Waals surface area contributed by atoms with Gasteiger partial charge in [0.2, 0.25) is 0 Å². The largest absolute Gasteiger partial charge is 0.370 e. The van der Waals surface area contributed by atoms with Gasteiger partial charge in [-0.05, 0) is 39.8 Å². The van der Waals surface area contributed by atoms with Crippen molar-refractivity contribution in [2.24, 2.45) is 4.99 Å². The van der Waals surface area contributed by atoms with Crippen LogP contribution in [0.1, 0.15) is 27.7 Å². The molecule has 0 aromatic heterocycles. The van der Waals surface area contributed by atoms with Crippen LogP contribution in [0.3, 0.4) is 0 Å². The Morgan fingerprint density at radius 2 is 1.81 bits per heavy atom. The minimum Gasteiger partial charge on any atom is -0.370 e. The number of nitrogens with zero attached hydrogens (tertiary/aromatic N) is 2. The second-order valence-corrected chi connectivity index (χ2v) is 5.31. The lowest BCUT2D eigenvalue weighted by Crippen LogP contribution is -2.42. The Kier molecular flexibility index (Phi) is 10.2. The predicted octanol–water partition coefficient (Wildman–Crippen LogP) is 3.09. The molecule has 0 spiro atoms. The van der Waals surface area contributed by atoms with Crippen LogP contribution in [0.5, 0.6) is 0 Å². The van der Waals surface area contributed by atoms with Crippen LogP contribution in [0, 0.1) is 0 Å². The van der Waals surface area contributed by atoms with Crippen LogP contribution >= 0.6 is 24.0 Å². The van der Waals surface area contributed by atoms with Crippen molar-refractivity contribution in [2.75, 3.05) is 25.0 Å². The molecule has 0 aliphatic carbocycles. The number of para-hydroxylation sites is 1. The zero-order chi connectivity index (χ0) is 15.0. The fourth-order valence-corrected chi connectivity index (χ4v) is 1.86. The van der Waals surface area contributed by atoms with E-state index in [4.69, 9.17) is 0 Å². The van der Waals surface area contributed by atoms with Crippen LogP contribution in [0.2, 0.25) is 0 Å². The van der Waals surface area contributed by atoms with Crippen molar-refractivity contribution in [1.82, 2.24) is 10.6 Å². The van der Waals surface area contributed by atoms with Crippen LogP contribution in [-0.4, -0.2) is 38.2 Å². The highest BCUT2D eigenvalue weighted by Crippen LogP contribution is 2.13. The van der Waals surface area contributed by atoms with E-state index in [1.807, 2.05) is 6.07 Å². The average molecular weight is 404 g/mol. The molecule has 0 saturated heterocycles.